The zero-order valence-corrected chi connectivity index (χ0v) is 9.92. The van der Waals surface area contributed by atoms with Crippen molar-refractivity contribution in [3.63, 3.8) is 0 Å². The van der Waals surface area contributed by atoms with Crippen molar-refractivity contribution < 1.29 is 9.53 Å². The summed E-state index contributed by atoms with van der Waals surface area (Å²) in [6, 6.07) is 0.629. The molecule has 0 aromatic carbocycles. The minimum absolute atomic E-state index is 0.0870. The normalized spacial score (nSPS) is 25.5. The van der Waals surface area contributed by atoms with Gasteiger partial charge in [-0.3, -0.25) is 4.79 Å². The Morgan fingerprint density at radius 3 is 2.87 bits per heavy atom. The third kappa shape index (κ3) is 4.20. The van der Waals surface area contributed by atoms with Gasteiger partial charge in [0.25, 0.3) is 0 Å². The molecule has 3 heteroatoms. The Hall–Kier alpha value is -0.570. The fourth-order valence-corrected chi connectivity index (χ4v) is 2.39. The lowest BCUT2D eigenvalue weighted by molar-refractivity contribution is -0.143. The van der Waals surface area contributed by atoms with Crippen molar-refractivity contribution in [3.05, 3.63) is 0 Å². The van der Waals surface area contributed by atoms with E-state index in [2.05, 4.69) is 12.2 Å². The van der Waals surface area contributed by atoms with Crippen LogP contribution in [0.2, 0.25) is 0 Å². The van der Waals surface area contributed by atoms with Crippen LogP contribution in [0.25, 0.3) is 0 Å². The van der Waals surface area contributed by atoms with E-state index in [0.29, 0.717) is 19.1 Å². The van der Waals surface area contributed by atoms with Gasteiger partial charge >= 0.3 is 5.97 Å². The minimum Gasteiger partial charge on any atom is -0.466 e. The maximum Gasteiger partial charge on any atom is 0.307 e. The molecule has 0 bridgehead atoms. The van der Waals surface area contributed by atoms with E-state index in [1.807, 2.05) is 6.92 Å². The third-order valence-electron chi connectivity index (χ3n) is 3.22. The number of carbonyl (C=O) groups excluding carboxylic acids is 1. The van der Waals surface area contributed by atoms with Crippen molar-refractivity contribution in [1.29, 1.82) is 0 Å². The van der Waals surface area contributed by atoms with Crippen LogP contribution in [0.3, 0.4) is 0 Å². The van der Waals surface area contributed by atoms with Crippen molar-refractivity contribution in [2.45, 2.75) is 52.0 Å². The van der Waals surface area contributed by atoms with E-state index in [1.165, 1.54) is 25.7 Å². The molecule has 0 amide bonds. The van der Waals surface area contributed by atoms with Crippen molar-refractivity contribution in [2.75, 3.05) is 13.2 Å². The van der Waals surface area contributed by atoms with E-state index >= 15 is 0 Å². The lowest BCUT2D eigenvalue weighted by Gasteiger charge is -2.19. The summed E-state index contributed by atoms with van der Waals surface area (Å²) in [5.41, 5.74) is 0. The predicted octanol–water partition coefficient (Wildman–Crippen LogP) is 2.11. The summed E-state index contributed by atoms with van der Waals surface area (Å²) in [5.74, 6) is 0.725. The second-order valence-corrected chi connectivity index (χ2v) is 4.21. The van der Waals surface area contributed by atoms with Gasteiger partial charge in [-0.05, 0) is 25.7 Å². The molecule has 0 spiro atoms. The third-order valence-corrected chi connectivity index (χ3v) is 3.22. The molecule has 1 rings (SSSR count). The largest absolute Gasteiger partial charge is 0.466 e. The fourth-order valence-electron chi connectivity index (χ4n) is 2.39. The van der Waals surface area contributed by atoms with Gasteiger partial charge in [0.05, 0.1) is 13.0 Å². The number of hydrogen-bond acceptors (Lipinski definition) is 3. The van der Waals surface area contributed by atoms with E-state index in [-0.39, 0.29) is 5.97 Å². The molecular formula is C12H23NO2. The molecule has 1 fully saturated rings. The SMILES string of the molecule is CCOC(=O)CCNC1CCCC1CC. The van der Waals surface area contributed by atoms with Gasteiger partial charge in [-0.2, -0.15) is 0 Å². The Labute approximate surface area is 92.6 Å². The first-order valence-electron chi connectivity index (χ1n) is 6.16. The molecule has 1 aliphatic rings. The molecule has 0 aliphatic heterocycles. The Kier molecular flexibility index (Phi) is 5.69. The highest BCUT2D eigenvalue weighted by Gasteiger charge is 2.24. The van der Waals surface area contributed by atoms with E-state index < -0.39 is 0 Å². The summed E-state index contributed by atoms with van der Waals surface area (Å²) in [7, 11) is 0. The van der Waals surface area contributed by atoms with E-state index in [1.54, 1.807) is 0 Å². The second-order valence-electron chi connectivity index (χ2n) is 4.21. The first kappa shape index (κ1) is 12.5. The first-order valence-corrected chi connectivity index (χ1v) is 6.16. The summed E-state index contributed by atoms with van der Waals surface area (Å²) >= 11 is 0. The molecule has 1 saturated carbocycles. The number of hydrogen-bond donors (Lipinski definition) is 1. The van der Waals surface area contributed by atoms with Gasteiger partial charge in [0.15, 0.2) is 0 Å². The standard InChI is InChI=1S/C12H23NO2/c1-3-10-6-5-7-11(10)13-9-8-12(14)15-4-2/h10-11,13H,3-9H2,1-2H3. The molecule has 88 valence electrons. The maximum absolute atomic E-state index is 11.1. The summed E-state index contributed by atoms with van der Waals surface area (Å²) in [4.78, 5) is 11.1. The zero-order valence-electron chi connectivity index (χ0n) is 9.92. The highest BCUT2D eigenvalue weighted by atomic mass is 16.5. The molecule has 15 heavy (non-hydrogen) atoms. The van der Waals surface area contributed by atoms with Crippen molar-refractivity contribution in [1.82, 2.24) is 5.32 Å². The van der Waals surface area contributed by atoms with Crippen LogP contribution in [-0.4, -0.2) is 25.2 Å². The second kappa shape index (κ2) is 6.83. The smallest absolute Gasteiger partial charge is 0.307 e. The quantitative estimate of drug-likeness (QED) is 0.687. The van der Waals surface area contributed by atoms with Crippen LogP contribution in [0.15, 0.2) is 0 Å². The Morgan fingerprint density at radius 1 is 1.40 bits per heavy atom. The maximum atomic E-state index is 11.1. The monoisotopic (exact) mass is 213 g/mol. The Balaban J connectivity index is 2.11. The lowest BCUT2D eigenvalue weighted by Crippen LogP contribution is -2.33. The summed E-state index contributed by atoms with van der Waals surface area (Å²) in [6.07, 6.45) is 5.68. The average Bonchev–Trinajstić information content (AvgIpc) is 2.66. The van der Waals surface area contributed by atoms with Crippen molar-refractivity contribution in [2.24, 2.45) is 5.92 Å². The van der Waals surface area contributed by atoms with Gasteiger partial charge in [-0.15, -0.1) is 0 Å². The first-order chi connectivity index (χ1) is 7.27. The van der Waals surface area contributed by atoms with Crippen LogP contribution < -0.4 is 5.32 Å². The summed E-state index contributed by atoms with van der Waals surface area (Å²) in [6.45, 7) is 5.34. The molecule has 1 N–H and O–H groups in total. The lowest BCUT2D eigenvalue weighted by atomic mass is 10.0. The van der Waals surface area contributed by atoms with Gasteiger partial charge < -0.3 is 10.1 Å². The molecule has 3 nitrogen and oxygen atoms in total. The predicted molar refractivity (Wildman–Crippen MR) is 60.7 cm³/mol. The van der Waals surface area contributed by atoms with Crippen LogP contribution in [0, 0.1) is 5.92 Å². The van der Waals surface area contributed by atoms with Crippen molar-refractivity contribution in [3.8, 4) is 0 Å². The van der Waals surface area contributed by atoms with Crippen molar-refractivity contribution >= 4 is 5.97 Å². The molecule has 1 aliphatic carbocycles. The van der Waals surface area contributed by atoms with Gasteiger partial charge in [0, 0.05) is 12.6 Å². The number of carbonyl (C=O) groups is 1. The molecular weight excluding hydrogens is 190 g/mol. The van der Waals surface area contributed by atoms with E-state index in [9.17, 15) is 4.79 Å². The Bertz CT molecular complexity index is 194. The molecule has 0 heterocycles. The van der Waals surface area contributed by atoms with E-state index in [0.717, 1.165) is 12.5 Å². The number of esters is 1. The highest BCUT2D eigenvalue weighted by molar-refractivity contribution is 5.69. The molecule has 0 saturated heterocycles. The van der Waals surface area contributed by atoms with Crippen LogP contribution in [-0.2, 0) is 9.53 Å². The molecule has 2 atom stereocenters. The summed E-state index contributed by atoms with van der Waals surface area (Å²) < 4.78 is 4.88. The zero-order chi connectivity index (χ0) is 11.1. The van der Waals surface area contributed by atoms with Gasteiger partial charge in [0.2, 0.25) is 0 Å². The van der Waals surface area contributed by atoms with Gasteiger partial charge in [-0.1, -0.05) is 19.8 Å². The van der Waals surface area contributed by atoms with E-state index in [4.69, 9.17) is 4.74 Å². The number of rotatable bonds is 6. The molecule has 0 aromatic rings. The molecule has 2 unspecified atom stereocenters. The fraction of sp³-hybridized carbons (Fsp3) is 0.917. The van der Waals surface area contributed by atoms with Gasteiger partial charge in [0.1, 0.15) is 0 Å². The molecule has 0 aromatic heterocycles. The topological polar surface area (TPSA) is 38.3 Å². The van der Waals surface area contributed by atoms with Crippen LogP contribution in [0.4, 0.5) is 0 Å². The van der Waals surface area contributed by atoms with Gasteiger partial charge in [-0.25, -0.2) is 0 Å². The van der Waals surface area contributed by atoms with Crippen LogP contribution in [0.5, 0.6) is 0 Å². The number of nitrogens with one attached hydrogen (secondary N) is 1. The molecule has 0 radical (unpaired) electrons. The summed E-state index contributed by atoms with van der Waals surface area (Å²) in [5, 5.41) is 3.47. The minimum atomic E-state index is -0.0870. The highest BCUT2D eigenvalue weighted by Crippen LogP contribution is 2.27. The van der Waals surface area contributed by atoms with Crippen LogP contribution >= 0.6 is 0 Å². The van der Waals surface area contributed by atoms with Crippen LogP contribution in [0.1, 0.15) is 46.0 Å². The average molecular weight is 213 g/mol. The number of ether oxygens (including phenoxy) is 1. The Morgan fingerprint density at radius 2 is 2.20 bits per heavy atom.